The second kappa shape index (κ2) is 5.50. The van der Waals surface area contributed by atoms with Crippen molar-refractivity contribution in [3.8, 4) is 0 Å². The van der Waals surface area contributed by atoms with Crippen LogP contribution in [0.25, 0.3) is 0 Å². The lowest BCUT2D eigenvalue weighted by atomic mass is 9.95. The van der Waals surface area contributed by atoms with Crippen molar-refractivity contribution in [2.24, 2.45) is 23.5 Å². The maximum Gasteiger partial charge on any atom is 0.00966 e. The molecule has 2 saturated carbocycles. The van der Waals surface area contributed by atoms with Crippen molar-refractivity contribution in [3.63, 3.8) is 0 Å². The Morgan fingerprint density at radius 3 is 2.38 bits per heavy atom. The van der Waals surface area contributed by atoms with E-state index >= 15 is 0 Å². The van der Waals surface area contributed by atoms with Crippen molar-refractivity contribution in [1.82, 2.24) is 4.90 Å². The molecule has 0 heterocycles. The molecular weight excluding hydrogens is 196 g/mol. The Labute approximate surface area is 101 Å². The average molecular weight is 224 g/mol. The SMILES string of the molecule is CC(C)CN(CC1CCCC1CN)C1CC1. The lowest BCUT2D eigenvalue weighted by Gasteiger charge is -2.29. The predicted molar refractivity (Wildman–Crippen MR) is 69.3 cm³/mol. The van der Waals surface area contributed by atoms with Crippen LogP contribution in [0.2, 0.25) is 0 Å². The third-order valence-corrected chi connectivity index (χ3v) is 4.25. The van der Waals surface area contributed by atoms with Gasteiger partial charge in [-0.1, -0.05) is 20.3 Å². The number of hydrogen-bond acceptors (Lipinski definition) is 2. The first-order chi connectivity index (χ1) is 7.70. The number of nitrogens with zero attached hydrogens (tertiary/aromatic N) is 1. The molecular formula is C14H28N2. The highest BCUT2D eigenvalue weighted by atomic mass is 15.2. The second-order valence-corrected chi connectivity index (χ2v) is 6.27. The summed E-state index contributed by atoms with van der Waals surface area (Å²) in [6.07, 6.45) is 7.08. The highest BCUT2D eigenvalue weighted by Gasteiger charge is 2.34. The van der Waals surface area contributed by atoms with E-state index in [1.807, 2.05) is 0 Å². The first-order valence-corrected chi connectivity index (χ1v) is 7.14. The fraction of sp³-hybridized carbons (Fsp3) is 1.00. The quantitative estimate of drug-likeness (QED) is 0.751. The molecule has 0 aromatic heterocycles. The molecule has 94 valence electrons. The highest BCUT2D eigenvalue weighted by Crippen LogP contribution is 2.35. The zero-order valence-corrected chi connectivity index (χ0v) is 11.0. The van der Waals surface area contributed by atoms with Gasteiger partial charge >= 0.3 is 0 Å². The van der Waals surface area contributed by atoms with Crippen molar-refractivity contribution in [1.29, 1.82) is 0 Å². The first-order valence-electron chi connectivity index (χ1n) is 7.14. The Balaban J connectivity index is 1.84. The van der Waals surface area contributed by atoms with Crippen LogP contribution in [-0.4, -0.2) is 30.6 Å². The summed E-state index contributed by atoms with van der Waals surface area (Å²) in [6.45, 7) is 8.20. The summed E-state index contributed by atoms with van der Waals surface area (Å²) in [6, 6.07) is 0.918. The Hall–Kier alpha value is -0.0800. The van der Waals surface area contributed by atoms with Crippen LogP contribution in [-0.2, 0) is 0 Å². The summed E-state index contributed by atoms with van der Waals surface area (Å²) in [5, 5.41) is 0. The number of nitrogens with two attached hydrogens (primary N) is 1. The van der Waals surface area contributed by atoms with E-state index < -0.39 is 0 Å². The van der Waals surface area contributed by atoms with Gasteiger partial charge in [-0.25, -0.2) is 0 Å². The third kappa shape index (κ3) is 3.21. The van der Waals surface area contributed by atoms with Crippen LogP contribution < -0.4 is 5.73 Å². The van der Waals surface area contributed by atoms with E-state index in [4.69, 9.17) is 5.73 Å². The summed E-state index contributed by atoms with van der Waals surface area (Å²) in [4.78, 5) is 2.75. The van der Waals surface area contributed by atoms with Crippen LogP contribution in [0.15, 0.2) is 0 Å². The third-order valence-electron chi connectivity index (χ3n) is 4.25. The Kier molecular flexibility index (Phi) is 4.26. The minimum absolute atomic E-state index is 0.804. The zero-order chi connectivity index (χ0) is 11.5. The van der Waals surface area contributed by atoms with Gasteiger partial charge in [0.1, 0.15) is 0 Å². The molecule has 0 amide bonds. The molecule has 2 aliphatic rings. The Morgan fingerprint density at radius 1 is 1.12 bits per heavy atom. The maximum absolute atomic E-state index is 5.87. The summed E-state index contributed by atoms with van der Waals surface area (Å²) in [5.74, 6) is 2.51. The fourth-order valence-electron chi connectivity index (χ4n) is 3.25. The topological polar surface area (TPSA) is 29.3 Å². The zero-order valence-electron chi connectivity index (χ0n) is 11.0. The van der Waals surface area contributed by atoms with E-state index in [2.05, 4.69) is 18.7 Å². The van der Waals surface area contributed by atoms with Gasteiger partial charge in [0.25, 0.3) is 0 Å². The average Bonchev–Trinajstić information content (AvgIpc) is 2.98. The highest BCUT2D eigenvalue weighted by molar-refractivity contribution is 4.89. The van der Waals surface area contributed by atoms with Crippen LogP contribution in [0.4, 0.5) is 0 Å². The fourth-order valence-corrected chi connectivity index (χ4v) is 3.25. The number of rotatable bonds is 6. The van der Waals surface area contributed by atoms with Crippen LogP contribution in [0, 0.1) is 17.8 Å². The molecule has 2 aliphatic carbocycles. The molecule has 0 radical (unpaired) electrons. The van der Waals surface area contributed by atoms with Crippen LogP contribution in [0.5, 0.6) is 0 Å². The van der Waals surface area contributed by atoms with Gasteiger partial charge in [-0.3, -0.25) is 4.90 Å². The molecule has 0 spiro atoms. The molecule has 2 rings (SSSR count). The van der Waals surface area contributed by atoms with Gasteiger partial charge < -0.3 is 5.73 Å². The molecule has 2 heteroatoms. The van der Waals surface area contributed by atoms with Crippen molar-refractivity contribution in [2.45, 2.75) is 52.0 Å². The summed E-state index contributed by atoms with van der Waals surface area (Å²) < 4.78 is 0. The van der Waals surface area contributed by atoms with E-state index in [1.165, 1.54) is 45.2 Å². The standard InChI is InChI=1S/C14H28N2/c1-11(2)9-16(14-6-7-14)10-13-5-3-4-12(13)8-15/h11-14H,3-10,15H2,1-2H3. The second-order valence-electron chi connectivity index (χ2n) is 6.27. The monoisotopic (exact) mass is 224 g/mol. The summed E-state index contributed by atoms with van der Waals surface area (Å²) in [5.41, 5.74) is 5.87. The molecule has 2 nitrogen and oxygen atoms in total. The van der Waals surface area contributed by atoms with Gasteiger partial charge in [-0.2, -0.15) is 0 Å². The van der Waals surface area contributed by atoms with E-state index in [0.717, 1.165) is 30.3 Å². The maximum atomic E-state index is 5.87. The molecule has 2 N–H and O–H groups in total. The van der Waals surface area contributed by atoms with Crippen molar-refractivity contribution >= 4 is 0 Å². The normalized spacial score (nSPS) is 30.6. The van der Waals surface area contributed by atoms with Gasteiger partial charge in [-0.05, 0) is 50.0 Å². The minimum atomic E-state index is 0.804. The molecule has 2 fully saturated rings. The first kappa shape index (κ1) is 12.4. The largest absolute Gasteiger partial charge is 0.330 e. The lowest BCUT2D eigenvalue weighted by molar-refractivity contribution is 0.180. The molecule has 0 aromatic rings. The molecule has 0 aromatic carbocycles. The Bertz CT molecular complexity index is 211. The van der Waals surface area contributed by atoms with Crippen LogP contribution in [0.3, 0.4) is 0 Å². The van der Waals surface area contributed by atoms with Crippen LogP contribution in [0.1, 0.15) is 46.0 Å². The molecule has 16 heavy (non-hydrogen) atoms. The van der Waals surface area contributed by atoms with Gasteiger partial charge in [0.2, 0.25) is 0 Å². The molecule has 0 aliphatic heterocycles. The molecule has 2 atom stereocenters. The minimum Gasteiger partial charge on any atom is -0.330 e. The summed E-state index contributed by atoms with van der Waals surface area (Å²) >= 11 is 0. The van der Waals surface area contributed by atoms with E-state index in [1.54, 1.807) is 0 Å². The summed E-state index contributed by atoms with van der Waals surface area (Å²) in [7, 11) is 0. The van der Waals surface area contributed by atoms with Gasteiger partial charge in [0.05, 0.1) is 0 Å². The van der Waals surface area contributed by atoms with Gasteiger partial charge in [0, 0.05) is 19.1 Å². The molecule has 0 bridgehead atoms. The predicted octanol–water partition coefficient (Wildman–Crippen LogP) is 2.48. The molecule has 0 saturated heterocycles. The van der Waals surface area contributed by atoms with Crippen molar-refractivity contribution in [2.75, 3.05) is 19.6 Å². The number of hydrogen-bond donors (Lipinski definition) is 1. The van der Waals surface area contributed by atoms with Gasteiger partial charge in [-0.15, -0.1) is 0 Å². The Morgan fingerprint density at radius 2 is 1.81 bits per heavy atom. The van der Waals surface area contributed by atoms with Gasteiger partial charge in [0.15, 0.2) is 0 Å². The van der Waals surface area contributed by atoms with E-state index in [0.29, 0.717) is 0 Å². The van der Waals surface area contributed by atoms with Crippen molar-refractivity contribution < 1.29 is 0 Å². The van der Waals surface area contributed by atoms with Crippen molar-refractivity contribution in [3.05, 3.63) is 0 Å². The smallest absolute Gasteiger partial charge is 0.00966 e. The van der Waals surface area contributed by atoms with E-state index in [9.17, 15) is 0 Å². The van der Waals surface area contributed by atoms with E-state index in [-0.39, 0.29) is 0 Å². The van der Waals surface area contributed by atoms with Crippen LogP contribution >= 0.6 is 0 Å². The lowest BCUT2D eigenvalue weighted by Crippen LogP contribution is -2.36. The molecule has 2 unspecified atom stereocenters.